The molecule has 0 saturated heterocycles. The first kappa shape index (κ1) is 51.0. The molecule has 5 rings (SSSR count). The fourth-order valence-corrected chi connectivity index (χ4v) is 5.37. The molecule has 5 aromatic rings. The Hall–Kier alpha value is -6.39. The van der Waals surface area contributed by atoms with Gasteiger partial charge in [0, 0.05) is 29.0 Å². The van der Waals surface area contributed by atoms with Crippen molar-refractivity contribution < 1.29 is 47.5 Å². The van der Waals surface area contributed by atoms with Crippen LogP contribution in [-0.2, 0) is 28.6 Å². The molecule has 0 heterocycles. The summed E-state index contributed by atoms with van der Waals surface area (Å²) in [4.78, 5) is 36.2. The third-order valence-electron chi connectivity index (χ3n) is 7.97. The van der Waals surface area contributed by atoms with E-state index in [2.05, 4.69) is 4.74 Å². The van der Waals surface area contributed by atoms with Crippen molar-refractivity contribution in [3.05, 3.63) is 148 Å². The lowest BCUT2D eigenvalue weighted by Crippen LogP contribution is -2.27. The lowest BCUT2D eigenvalue weighted by molar-refractivity contribution is -0.152. The van der Waals surface area contributed by atoms with Gasteiger partial charge in [-0.15, -0.1) is 0 Å². The van der Waals surface area contributed by atoms with Crippen LogP contribution in [0.5, 0.6) is 34.5 Å². The fraction of sp³-hybridized carbons (Fsp3) is 0.250. The molecule has 332 valence electrons. The Kier molecular flexibility index (Phi) is 21.7. The molecule has 0 fully saturated rings. The summed E-state index contributed by atoms with van der Waals surface area (Å²) in [6.07, 6.45) is 0.127. The Morgan fingerprint density at radius 3 is 1.65 bits per heavy atom. The van der Waals surface area contributed by atoms with Gasteiger partial charge in [0.2, 0.25) is 0 Å². The maximum absolute atomic E-state index is 11.8. The molecule has 0 aliphatic heterocycles. The number of benzene rings is 5. The van der Waals surface area contributed by atoms with Crippen molar-refractivity contribution >= 4 is 58.4 Å². The molecular weight excluding hydrogens is 871 g/mol. The highest BCUT2D eigenvalue weighted by Gasteiger charge is 2.17. The number of nitriles is 1. The van der Waals surface area contributed by atoms with Gasteiger partial charge in [-0.25, -0.2) is 14.4 Å². The van der Waals surface area contributed by atoms with Gasteiger partial charge in [-0.3, -0.25) is 0 Å². The molecule has 0 aliphatic carbocycles. The van der Waals surface area contributed by atoms with E-state index < -0.39 is 24.1 Å². The van der Waals surface area contributed by atoms with E-state index in [1.54, 1.807) is 124 Å². The first-order valence-corrected chi connectivity index (χ1v) is 20.7. The van der Waals surface area contributed by atoms with Crippen LogP contribution in [0.15, 0.2) is 133 Å². The number of hydrogen-bond donors (Lipinski definition) is 0. The van der Waals surface area contributed by atoms with E-state index in [4.69, 9.17) is 68.5 Å². The van der Waals surface area contributed by atoms with Crippen LogP contribution in [-0.4, -0.2) is 57.5 Å². The summed E-state index contributed by atoms with van der Waals surface area (Å²) >= 11 is 17.7. The summed E-state index contributed by atoms with van der Waals surface area (Å²) in [6.45, 7) is 9.60. The third-order valence-corrected chi connectivity index (χ3v) is 8.75. The average Bonchev–Trinajstić information content (AvgIpc) is 3.28. The molecule has 2 unspecified atom stereocenters. The summed E-state index contributed by atoms with van der Waals surface area (Å²) in [6, 6.07) is 37.2. The summed E-state index contributed by atoms with van der Waals surface area (Å²) < 4.78 is 36.9. The number of esters is 3. The van der Waals surface area contributed by atoms with Crippen LogP contribution >= 0.6 is 34.8 Å². The van der Waals surface area contributed by atoms with E-state index in [-0.39, 0.29) is 18.1 Å². The second kappa shape index (κ2) is 26.8. The Morgan fingerprint density at radius 2 is 1.16 bits per heavy atom. The van der Waals surface area contributed by atoms with Crippen LogP contribution in [0.2, 0.25) is 15.1 Å². The zero-order valence-corrected chi connectivity index (χ0v) is 38.1. The number of ether oxygens (including phenoxy) is 7. The lowest BCUT2D eigenvalue weighted by atomic mass is 10.2. The van der Waals surface area contributed by atoms with Crippen LogP contribution in [0.4, 0.5) is 5.69 Å². The predicted octanol–water partition coefficient (Wildman–Crippen LogP) is 11.9. The van der Waals surface area contributed by atoms with Crippen molar-refractivity contribution in [2.24, 2.45) is 5.92 Å². The zero-order valence-electron chi connectivity index (χ0n) is 35.9. The van der Waals surface area contributed by atoms with Crippen molar-refractivity contribution in [3.8, 4) is 40.6 Å². The molecule has 0 saturated carbocycles. The standard InChI is InChI=1S/C19H21ClO4.C16H14Cl2O4.C13H14N2O2/c1-13(2)12-22-19(21)14(3)23-16-8-10-18(11-9-16)24-17-6-4-15(20)5-7-17;1-10(16(19)20-2)21-12-4-6-13(7-5-12)22-15-8-3-11(17)9-14(15)18;1-3-17-13(16)11(9-14)10-15(2)12-7-5-4-6-8-12/h4-11,13-14H,12H2,1-3H3;3-10H,1-2H3;4-8,10H,3H2,1-2H3. The number of carbonyl (C=O) groups excluding carboxylic acids is 3. The van der Waals surface area contributed by atoms with Gasteiger partial charge in [0.15, 0.2) is 17.8 Å². The topological polar surface area (TPSA) is 143 Å². The Balaban J connectivity index is 0.000000255. The van der Waals surface area contributed by atoms with Gasteiger partial charge in [-0.1, -0.05) is 66.8 Å². The molecule has 0 radical (unpaired) electrons. The number of carbonyl (C=O) groups is 3. The summed E-state index contributed by atoms with van der Waals surface area (Å²) in [5, 5.41) is 10.5. The second-order valence-corrected chi connectivity index (χ2v) is 14.8. The van der Waals surface area contributed by atoms with Crippen LogP contribution in [0.1, 0.15) is 34.6 Å². The molecule has 0 amide bonds. The van der Waals surface area contributed by atoms with Gasteiger partial charge in [-0.2, -0.15) is 5.26 Å². The average molecular weight is 920 g/mol. The number of methoxy groups -OCH3 is 1. The summed E-state index contributed by atoms with van der Waals surface area (Å²) in [7, 11) is 3.08. The molecule has 63 heavy (non-hydrogen) atoms. The van der Waals surface area contributed by atoms with E-state index in [0.29, 0.717) is 62.1 Å². The number of hydrogen-bond acceptors (Lipinski definition) is 12. The third kappa shape index (κ3) is 18.6. The van der Waals surface area contributed by atoms with E-state index in [9.17, 15) is 14.4 Å². The quantitative estimate of drug-likeness (QED) is 0.0402. The minimum Gasteiger partial charge on any atom is -0.479 e. The Morgan fingerprint density at radius 1 is 0.667 bits per heavy atom. The van der Waals surface area contributed by atoms with E-state index in [1.807, 2.05) is 50.2 Å². The second-order valence-electron chi connectivity index (χ2n) is 13.6. The number of rotatable bonds is 16. The maximum atomic E-state index is 11.8. The molecule has 0 N–H and O–H groups in total. The highest BCUT2D eigenvalue weighted by Crippen LogP contribution is 2.32. The van der Waals surface area contributed by atoms with Crippen molar-refractivity contribution in [1.29, 1.82) is 5.26 Å². The van der Waals surface area contributed by atoms with Crippen LogP contribution in [0, 0.1) is 17.2 Å². The lowest BCUT2D eigenvalue weighted by Gasteiger charge is -2.15. The SMILES string of the molecule is CC(C)COC(=O)C(C)Oc1ccc(Oc2ccc(Cl)cc2)cc1.CCOC(=O)C(C#N)=CN(C)c1ccccc1.COC(=O)C(C)Oc1ccc(Oc2ccc(Cl)cc2Cl)cc1. The van der Waals surface area contributed by atoms with Crippen molar-refractivity contribution in [2.75, 3.05) is 32.3 Å². The van der Waals surface area contributed by atoms with Gasteiger partial charge >= 0.3 is 17.9 Å². The van der Waals surface area contributed by atoms with Gasteiger partial charge in [0.25, 0.3) is 0 Å². The first-order chi connectivity index (χ1) is 30.1. The smallest absolute Gasteiger partial charge is 0.350 e. The first-order valence-electron chi connectivity index (χ1n) is 19.5. The fourth-order valence-electron chi connectivity index (χ4n) is 4.80. The molecule has 15 heteroatoms. The van der Waals surface area contributed by atoms with Crippen LogP contribution in [0.25, 0.3) is 0 Å². The van der Waals surface area contributed by atoms with E-state index in [0.717, 1.165) is 5.69 Å². The minimum atomic E-state index is -0.678. The number of nitrogens with zero attached hydrogens (tertiary/aromatic N) is 2. The minimum absolute atomic E-state index is 0.0156. The molecule has 2 atom stereocenters. The van der Waals surface area contributed by atoms with Gasteiger partial charge in [0.05, 0.1) is 25.3 Å². The highest BCUT2D eigenvalue weighted by atomic mass is 35.5. The van der Waals surface area contributed by atoms with Crippen LogP contribution in [0.3, 0.4) is 0 Å². The normalized spacial score (nSPS) is 11.4. The molecule has 0 aromatic heterocycles. The highest BCUT2D eigenvalue weighted by molar-refractivity contribution is 6.35. The number of anilines is 1. The maximum Gasteiger partial charge on any atom is 0.350 e. The van der Waals surface area contributed by atoms with Crippen molar-refractivity contribution in [1.82, 2.24) is 0 Å². The molecule has 5 aromatic carbocycles. The molecule has 0 bridgehead atoms. The zero-order chi connectivity index (χ0) is 46.3. The van der Waals surface area contributed by atoms with E-state index in [1.165, 1.54) is 13.3 Å². The molecule has 0 spiro atoms. The van der Waals surface area contributed by atoms with Crippen molar-refractivity contribution in [2.45, 2.75) is 46.8 Å². The van der Waals surface area contributed by atoms with Crippen LogP contribution < -0.4 is 23.8 Å². The largest absolute Gasteiger partial charge is 0.479 e. The van der Waals surface area contributed by atoms with Crippen molar-refractivity contribution in [3.63, 3.8) is 0 Å². The molecule has 0 aliphatic rings. The Bertz CT molecular complexity index is 2270. The molecular formula is C48H49Cl3N2O10. The molecule has 12 nitrogen and oxygen atoms in total. The predicted molar refractivity (Wildman–Crippen MR) is 244 cm³/mol. The monoisotopic (exact) mass is 918 g/mol. The summed E-state index contributed by atoms with van der Waals surface area (Å²) in [5.41, 5.74) is 0.878. The van der Waals surface area contributed by atoms with Gasteiger partial charge < -0.3 is 38.1 Å². The Labute approximate surface area is 383 Å². The van der Waals surface area contributed by atoms with Gasteiger partial charge in [-0.05, 0) is 130 Å². The van der Waals surface area contributed by atoms with E-state index >= 15 is 0 Å². The summed E-state index contributed by atoms with van der Waals surface area (Å²) in [5.74, 6) is 2.45. The van der Waals surface area contributed by atoms with Gasteiger partial charge in [0.1, 0.15) is 40.6 Å². The number of para-hydroxylation sites is 1. The number of halogens is 3.